The van der Waals surface area contributed by atoms with Crippen molar-refractivity contribution in [3.63, 3.8) is 0 Å². The number of anilines is 2. The number of nitrogens with zero attached hydrogens (tertiary/aromatic N) is 1. The van der Waals surface area contributed by atoms with Crippen LogP contribution in [0.3, 0.4) is 0 Å². The van der Waals surface area contributed by atoms with E-state index in [0.29, 0.717) is 23.4 Å². The largest absolute Gasteiger partial charge is 0.398 e. The van der Waals surface area contributed by atoms with E-state index in [4.69, 9.17) is 5.73 Å². The molecule has 2 N–H and O–H groups in total. The van der Waals surface area contributed by atoms with Crippen LogP contribution in [0.25, 0.3) is 0 Å². The summed E-state index contributed by atoms with van der Waals surface area (Å²) in [6, 6.07) is 8.44. The Bertz CT molecular complexity index is 740. The predicted octanol–water partition coefficient (Wildman–Crippen LogP) is 3.23. The minimum absolute atomic E-state index is 0.184. The Kier molecular flexibility index (Phi) is 3.16. The molecule has 1 aliphatic heterocycles. The molecule has 0 atom stereocenters. The van der Waals surface area contributed by atoms with Gasteiger partial charge in [-0.05, 0) is 55.2 Å². The quantitative estimate of drug-likeness (QED) is 0.817. The van der Waals surface area contributed by atoms with Gasteiger partial charge in [0.2, 0.25) is 0 Å². The summed E-state index contributed by atoms with van der Waals surface area (Å²) < 4.78 is 13.6. The second-order valence-electron chi connectivity index (χ2n) is 5.51. The Balaban J connectivity index is 1.98. The third kappa shape index (κ3) is 2.27. The summed E-state index contributed by atoms with van der Waals surface area (Å²) in [5, 5.41) is 0. The van der Waals surface area contributed by atoms with Crippen molar-refractivity contribution in [3.05, 3.63) is 58.4 Å². The number of rotatable bonds is 1. The van der Waals surface area contributed by atoms with Crippen LogP contribution in [-0.4, -0.2) is 12.5 Å². The fraction of sp³-hybridized carbons (Fsp3) is 0.235. The molecule has 1 aliphatic rings. The molecule has 0 aromatic heterocycles. The van der Waals surface area contributed by atoms with Crippen molar-refractivity contribution in [2.45, 2.75) is 20.3 Å². The van der Waals surface area contributed by atoms with Gasteiger partial charge >= 0.3 is 0 Å². The maximum Gasteiger partial charge on any atom is 0.258 e. The summed E-state index contributed by atoms with van der Waals surface area (Å²) in [4.78, 5) is 14.3. The van der Waals surface area contributed by atoms with E-state index in [1.165, 1.54) is 6.07 Å². The second kappa shape index (κ2) is 4.88. The standard InChI is InChI=1S/C17H17FN2O/c1-10-3-4-13(8-14(10)18)17(21)20-6-5-12-7-11(2)15(19)9-16(12)20/h3-4,7-9H,5-6,19H2,1-2H3. The Hall–Kier alpha value is -2.36. The van der Waals surface area contributed by atoms with E-state index >= 15 is 0 Å². The number of nitrogen functional groups attached to an aromatic ring is 1. The smallest absolute Gasteiger partial charge is 0.258 e. The maximum absolute atomic E-state index is 13.6. The molecule has 1 amide bonds. The van der Waals surface area contributed by atoms with Gasteiger partial charge < -0.3 is 10.6 Å². The van der Waals surface area contributed by atoms with Crippen LogP contribution in [0, 0.1) is 19.7 Å². The van der Waals surface area contributed by atoms with Crippen molar-refractivity contribution in [2.75, 3.05) is 17.2 Å². The Morgan fingerprint density at radius 2 is 1.95 bits per heavy atom. The van der Waals surface area contributed by atoms with Gasteiger partial charge in [0, 0.05) is 23.5 Å². The topological polar surface area (TPSA) is 46.3 Å². The zero-order valence-electron chi connectivity index (χ0n) is 12.1. The number of hydrogen-bond donors (Lipinski definition) is 1. The van der Waals surface area contributed by atoms with Crippen LogP contribution >= 0.6 is 0 Å². The molecule has 3 nitrogen and oxygen atoms in total. The molecule has 0 fully saturated rings. The van der Waals surface area contributed by atoms with Crippen molar-refractivity contribution >= 4 is 17.3 Å². The molecular weight excluding hydrogens is 267 g/mol. The molecule has 0 aliphatic carbocycles. The molecule has 0 unspecified atom stereocenters. The first-order valence-electron chi connectivity index (χ1n) is 6.94. The van der Waals surface area contributed by atoms with Gasteiger partial charge in [-0.1, -0.05) is 12.1 Å². The monoisotopic (exact) mass is 284 g/mol. The van der Waals surface area contributed by atoms with Crippen LogP contribution in [0.2, 0.25) is 0 Å². The molecule has 1 heterocycles. The first-order valence-corrected chi connectivity index (χ1v) is 6.94. The average molecular weight is 284 g/mol. The van der Waals surface area contributed by atoms with Crippen LogP contribution in [-0.2, 0) is 6.42 Å². The van der Waals surface area contributed by atoms with Gasteiger partial charge in [0.05, 0.1) is 0 Å². The van der Waals surface area contributed by atoms with E-state index in [9.17, 15) is 9.18 Å². The van der Waals surface area contributed by atoms with E-state index in [2.05, 4.69) is 0 Å². The zero-order chi connectivity index (χ0) is 15.1. The number of carbonyl (C=O) groups excluding carboxylic acids is 1. The molecule has 0 radical (unpaired) electrons. The summed E-state index contributed by atoms with van der Waals surface area (Å²) in [6.07, 6.45) is 0.802. The lowest BCUT2D eigenvalue weighted by Crippen LogP contribution is -2.29. The number of benzene rings is 2. The number of aryl methyl sites for hydroxylation is 2. The molecular formula is C17H17FN2O. The average Bonchev–Trinajstić information content (AvgIpc) is 2.84. The fourth-order valence-electron chi connectivity index (χ4n) is 2.67. The SMILES string of the molecule is Cc1cc2c(cc1N)N(C(=O)c1ccc(C)c(F)c1)CC2. The highest BCUT2D eigenvalue weighted by Gasteiger charge is 2.26. The number of halogens is 1. The fourth-order valence-corrected chi connectivity index (χ4v) is 2.67. The van der Waals surface area contributed by atoms with Gasteiger partial charge in [-0.2, -0.15) is 0 Å². The highest BCUT2D eigenvalue weighted by atomic mass is 19.1. The molecule has 4 heteroatoms. The van der Waals surface area contributed by atoms with Crippen molar-refractivity contribution < 1.29 is 9.18 Å². The van der Waals surface area contributed by atoms with E-state index < -0.39 is 0 Å². The molecule has 3 rings (SSSR count). The van der Waals surface area contributed by atoms with Gasteiger partial charge in [0.15, 0.2) is 0 Å². The van der Waals surface area contributed by atoms with Crippen molar-refractivity contribution in [2.24, 2.45) is 0 Å². The second-order valence-corrected chi connectivity index (χ2v) is 5.51. The van der Waals surface area contributed by atoms with Crippen LogP contribution in [0.1, 0.15) is 27.0 Å². The van der Waals surface area contributed by atoms with Crippen LogP contribution in [0.4, 0.5) is 15.8 Å². The van der Waals surface area contributed by atoms with Gasteiger partial charge in [0.1, 0.15) is 5.82 Å². The van der Waals surface area contributed by atoms with E-state index in [1.807, 2.05) is 19.1 Å². The third-order valence-corrected chi connectivity index (χ3v) is 4.03. The number of hydrogen-bond acceptors (Lipinski definition) is 2. The van der Waals surface area contributed by atoms with E-state index in [0.717, 1.165) is 23.2 Å². The summed E-state index contributed by atoms with van der Waals surface area (Å²) in [5.41, 5.74) is 10.5. The maximum atomic E-state index is 13.6. The lowest BCUT2D eigenvalue weighted by Gasteiger charge is -2.18. The van der Waals surface area contributed by atoms with Crippen LogP contribution < -0.4 is 10.6 Å². The van der Waals surface area contributed by atoms with Crippen molar-refractivity contribution in [1.29, 1.82) is 0 Å². The van der Waals surface area contributed by atoms with Gasteiger partial charge in [0.25, 0.3) is 5.91 Å². The number of amides is 1. The predicted molar refractivity (Wildman–Crippen MR) is 82.1 cm³/mol. The van der Waals surface area contributed by atoms with Gasteiger partial charge in [-0.15, -0.1) is 0 Å². The summed E-state index contributed by atoms with van der Waals surface area (Å²) >= 11 is 0. The molecule has 2 aromatic rings. The lowest BCUT2D eigenvalue weighted by molar-refractivity contribution is 0.0989. The summed E-state index contributed by atoms with van der Waals surface area (Å²) in [6.45, 7) is 4.24. The number of nitrogens with two attached hydrogens (primary N) is 1. The Morgan fingerprint density at radius 1 is 1.19 bits per heavy atom. The van der Waals surface area contributed by atoms with Crippen LogP contribution in [0.5, 0.6) is 0 Å². The Labute approximate surface area is 123 Å². The lowest BCUT2D eigenvalue weighted by atomic mass is 10.1. The highest BCUT2D eigenvalue weighted by molar-refractivity contribution is 6.07. The molecule has 0 spiro atoms. The van der Waals surface area contributed by atoms with Crippen LogP contribution in [0.15, 0.2) is 30.3 Å². The normalized spacial score (nSPS) is 13.4. The van der Waals surface area contributed by atoms with Gasteiger partial charge in [-0.3, -0.25) is 4.79 Å². The zero-order valence-corrected chi connectivity index (χ0v) is 12.1. The number of carbonyl (C=O) groups is 1. The van der Waals surface area contributed by atoms with Crippen molar-refractivity contribution in [1.82, 2.24) is 0 Å². The number of fused-ring (bicyclic) bond motifs is 1. The van der Waals surface area contributed by atoms with Gasteiger partial charge in [-0.25, -0.2) is 4.39 Å². The first kappa shape index (κ1) is 13.6. The minimum Gasteiger partial charge on any atom is -0.398 e. The summed E-state index contributed by atoms with van der Waals surface area (Å²) in [5.74, 6) is -0.542. The Morgan fingerprint density at radius 3 is 2.67 bits per heavy atom. The van der Waals surface area contributed by atoms with E-state index in [-0.39, 0.29) is 11.7 Å². The molecule has 2 aromatic carbocycles. The molecule has 108 valence electrons. The summed E-state index contributed by atoms with van der Waals surface area (Å²) in [7, 11) is 0. The third-order valence-electron chi connectivity index (χ3n) is 4.03. The molecule has 0 bridgehead atoms. The first-order chi connectivity index (χ1) is 9.97. The molecule has 0 saturated heterocycles. The van der Waals surface area contributed by atoms with E-state index in [1.54, 1.807) is 24.0 Å². The molecule has 0 saturated carbocycles. The highest BCUT2D eigenvalue weighted by Crippen LogP contribution is 2.33. The minimum atomic E-state index is -0.358. The van der Waals surface area contributed by atoms with Crippen molar-refractivity contribution in [3.8, 4) is 0 Å². The molecule has 21 heavy (non-hydrogen) atoms.